The van der Waals surface area contributed by atoms with Crippen molar-refractivity contribution < 1.29 is 14.3 Å². The minimum absolute atomic E-state index is 0.0594. The molecule has 0 radical (unpaired) electrons. The van der Waals surface area contributed by atoms with Gasteiger partial charge in [0.2, 0.25) is 0 Å². The number of hydrogen-bond donors (Lipinski definition) is 1. The summed E-state index contributed by atoms with van der Waals surface area (Å²) in [5.41, 5.74) is 1.07. The van der Waals surface area contributed by atoms with Gasteiger partial charge in [-0.2, -0.15) is 0 Å². The van der Waals surface area contributed by atoms with Gasteiger partial charge in [-0.3, -0.25) is 14.6 Å². The first kappa shape index (κ1) is 18.2. The number of carbonyl (C=O) groups excluding carboxylic acids is 1. The highest BCUT2D eigenvalue weighted by Crippen LogP contribution is 2.22. The molecule has 7 heteroatoms. The molecule has 0 unspecified atom stereocenters. The first-order valence-corrected chi connectivity index (χ1v) is 8.23. The topological polar surface area (TPSA) is 82.5 Å². The molecule has 0 saturated heterocycles. The standard InChI is InChI=1S/C20H19N3O4/c1-26-16-10-14(11-17(12-16)27-2)13-23-9-3-4-18(20(23)25)19(24)22-15-5-7-21-8-6-15/h3-12H,13H2,1-2H3,(H,21,22,24). The molecule has 2 aromatic heterocycles. The third-order valence-electron chi connectivity index (χ3n) is 3.97. The van der Waals surface area contributed by atoms with Crippen LogP contribution in [0.1, 0.15) is 15.9 Å². The number of methoxy groups -OCH3 is 2. The van der Waals surface area contributed by atoms with E-state index in [1.807, 2.05) is 12.1 Å². The first-order valence-electron chi connectivity index (χ1n) is 8.23. The van der Waals surface area contributed by atoms with Crippen molar-refractivity contribution in [2.45, 2.75) is 6.54 Å². The Kier molecular flexibility index (Phi) is 5.51. The average molecular weight is 365 g/mol. The maximum absolute atomic E-state index is 12.7. The number of nitrogens with zero attached hydrogens (tertiary/aromatic N) is 2. The fourth-order valence-corrected chi connectivity index (χ4v) is 2.62. The maximum Gasteiger partial charge on any atom is 0.263 e. The number of aromatic nitrogens is 2. The van der Waals surface area contributed by atoms with Crippen molar-refractivity contribution in [3.63, 3.8) is 0 Å². The number of amides is 1. The molecule has 0 atom stereocenters. The molecule has 3 aromatic rings. The van der Waals surface area contributed by atoms with Gasteiger partial charge in [-0.1, -0.05) is 0 Å². The second-order valence-corrected chi connectivity index (χ2v) is 5.77. The van der Waals surface area contributed by atoms with Crippen molar-refractivity contribution in [2.24, 2.45) is 0 Å². The van der Waals surface area contributed by atoms with Gasteiger partial charge in [-0.25, -0.2) is 0 Å². The quantitative estimate of drug-likeness (QED) is 0.726. The summed E-state index contributed by atoms with van der Waals surface area (Å²) < 4.78 is 12.0. The molecule has 0 saturated carbocycles. The Labute approximate surface area is 156 Å². The molecule has 0 aliphatic heterocycles. The molecule has 1 aromatic carbocycles. The highest BCUT2D eigenvalue weighted by atomic mass is 16.5. The summed E-state index contributed by atoms with van der Waals surface area (Å²) in [5.74, 6) is 0.789. The summed E-state index contributed by atoms with van der Waals surface area (Å²) in [6, 6.07) is 11.9. The summed E-state index contributed by atoms with van der Waals surface area (Å²) in [5, 5.41) is 2.69. The molecule has 0 aliphatic rings. The Bertz CT molecular complexity index is 977. The van der Waals surface area contributed by atoms with Crippen molar-refractivity contribution in [2.75, 3.05) is 19.5 Å². The van der Waals surface area contributed by atoms with Gasteiger partial charge in [0, 0.05) is 30.3 Å². The lowest BCUT2D eigenvalue weighted by molar-refractivity contribution is 0.102. The fraction of sp³-hybridized carbons (Fsp3) is 0.150. The molecule has 0 bridgehead atoms. The average Bonchev–Trinajstić information content (AvgIpc) is 2.70. The van der Waals surface area contributed by atoms with Crippen molar-refractivity contribution in [1.29, 1.82) is 0 Å². The van der Waals surface area contributed by atoms with Crippen LogP contribution < -0.4 is 20.3 Å². The minimum Gasteiger partial charge on any atom is -0.497 e. The lowest BCUT2D eigenvalue weighted by Crippen LogP contribution is -2.29. The number of nitrogens with one attached hydrogen (secondary N) is 1. The molecule has 0 fully saturated rings. The van der Waals surface area contributed by atoms with E-state index < -0.39 is 5.91 Å². The van der Waals surface area contributed by atoms with Gasteiger partial charge in [0.1, 0.15) is 17.1 Å². The predicted octanol–water partition coefficient (Wildman–Crippen LogP) is 2.56. The summed E-state index contributed by atoms with van der Waals surface area (Å²) in [6.45, 7) is 0.281. The van der Waals surface area contributed by atoms with E-state index in [0.29, 0.717) is 17.2 Å². The Balaban J connectivity index is 1.87. The zero-order valence-electron chi connectivity index (χ0n) is 15.0. The minimum atomic E-state index is -0.469. The van der Waals surface area contributed by atoms with Gasteiger partial charge in [-0.05, 0) is 42.0 Å². The highest BCUT2D eigenvalue weighted by molar-refractivity contribution is 6.03. The van der Waals surface area contributed by atoms with Crippen LogP contribution >= 0.6 is 0 Å². The van der Waals surface area contributed by atoms with E-state index in [0.717, 1.165) is 5.56 Å². The van der Waals surface area contributed by atoms with Gasteiger partial charge in [-0.15, -0.1) is 0 Å². The summed E-state index contributed by atoms with van der Waals surface area (Å²) in [7, 11) is 3.13. The van der Waals surface area contributed by atoms with Gasteiger partial charge in [0.15, 0.2) is 0 Å². The van der Waals surface area contributed by atoms with Gasteiger partial charge >= 0.3 is 0 Å². The first-order chi connectivity index (χ1) is 13.1. The van der Waals surface area contributed by atoms with Crippen LogP contribution in [0.5, 0.6) is 11.5 Å². The van der Waals surface area contributed by atoms with E-state index in [1.165, 1.54) is 10.6 Å². The maximum atomic E-state index is 12.7. The summed E-state index contributed by atoms with van der Waals surface area (Å²) in [4.78, 5) is 29.1. The number of ether oxygens (including phenoxy) is 2. The molecule has 3 rings (SSSR count). The molecule has 1 N–H and O–H groups in total. The van der Waals surface area contributed by atoms with E-state index in [9.17, 15) is 9.59 Å². The molecule has 0 spiro atoms. The zero-order chi connectivity index (χ0) is 19.2. The van der Waals surface area contributed by atoms with Crippen LogP contribution in [0.25, 0.3) is 0 Å². The third-order valence-corrected chi connectivity index (χ3v) is 3.97. The molecule has 138 valence electrons. The molecular formula is C20H19N3O4. The lowest BCUT2D eigenvalue weighted by atomic mass is 10.2. The number of carbonyl (C=O) groups is 1. The van der Waals surface area contributed by atoms with Crippen LogP contribution in [0.4, 0.5) is 5.69 Å². The van der Waals surface area contributed by atoms with E-state index in [4.69, 9.17) is 9.47 Å². The number of rotatable bonds is 6. The summed E-state index contributed by atoms with van der Waals surface area (Å²) in [6.07, 6.45) is 4.77. The Morgan fingerprint density at radius 1 is 1.07 bits per heavy atom. The van der Waals surface area contributed by atoms with Crippen molar-refractivity contribution in [3.05, 3.63) is 82.5 Å². The molecule has 2 heterocycles. The number of pyridine rings is 2. The Morgan fingerprint density at radius 3 is 2.37 bits per heavy atom. The Hall–Kier alpha value is -3.61. The molecular weight excluding hydrogens is 346 g/mol. The van der Waals surface area contributed by atoms with E-state index >= 15 is 0 Å². The van der Waals surface area contributed by atoms with E-state index in [1.54, 1.807) is 57.1 Å². The second-order valence-electron chi connectivity index (χ2n) is 5.77. The van der Waals surface area contributed by atoms with Crippen LogP contribution in [-0.2, 0) is 6.54 Å². The Morgan fingerprint density at radius 2 is 1.74 bits per heavy atom. The van der Waals surface area contributed by atoms with Crippen molar-refractivity contribution >= 4 is 11.6 Å². The molecule has 27 heavy (non-hydrogen) atoms. The SMILES string of the molecule is COc1cc(Cn2cccc(C(=O)Nc3ccncc3)c2=O)cc(OC)c1. The predicted molar refractivity (Wildman–Crippen MR) is 102 cm³/mol. The molecule has 1 amide bonds. The van der Waals surface area contributed by atoms with Crippen molar-refractivity contribution in [3.8, 4) is 11.5 Å². The normalized spacial score (nSPS) is 10.3. The van der Waals surface area contributed by atoms with Gasteiger partial charge in [0.25, 0.3) is 11.5 Å². The lowest BCUT2D eigenvalue weighted by Gasteiger charge is -2.11. The van der Waals surface area contributed by atoms with Crippen LogP contribution in [-0.4, -0.2) is 29.7 Å². The summed E-state index contributed by atoms with van der Waals surface area (Å²) >= 11 is 0. The van der Waals surface area contributed by atoms with Crippen molar-refractivity contribution in [1.82, 2.24) is 9.55 Å². The molecule has 0 aliphatic carbocycles. The fourth-order valence-electron chi connectivity index (χ4n) is 2.62. The highest BCUT2D eigenvalue weighted by Gasteiger charge is 2.13. The molecule has 7 nitrogen and oxygen atoms in total. The van der Waals surface area contributed by atoms with Gasteiger partial charge in [0.05, 0.1) is 20.8 Å². The zero-order valence-corrected chi connectivity index (χ0v) is 15.0. The number of anilines is 1. The third kappa shape index (κ3) is 4.33. The van der Waals surface area contributed by atoms with E-state index in [2.05, 4.69) is 10.3 Å². The second kappa shape index (κ2) is 8.18. The van der Waals surface area contributed by atoms with Crippen LogP contribution in [0.15, 0.2) is 65.8 Å². The van der Waals surface area contributed by atoms with E-state index in [-0.39, 0.29) is 17.7 Å². The monoisotopic (exact) mass is 365 g/mol. The number of hydrogen-bond acceptors (Lipinski definition) is 5. The van der Waals surface area contributed by atoms with Crippen LogP contribution in [0, 0.1) is 0 Å². The van der Waals surface area contributed by atoms with Gasteiger partial charge < -0.3 is 19.4 Å². The van der Waals surface area contributed by atoms with Crippen LogP contribution in [0.3, 0.4) is 0 Å². The number of benzene rings is 1. The largest absolute Gasteiger partial charge is 0.497 e. The van der Waals surface area contributed by atoms with Crippen LogP contribution in [0.2, 0.25) is 0 Å². The smallest absolute Gasteiger partial charge is 0.263 e.